The van der Waals surface area contributed by atoms with Gasteiger partial charge >= 0.3 is 0 Å². The Hall–Kier alpha value is -0.830. The van der Waals surface area contributed by atoms with Gasteiger partial charge in [0.15, 0.2) is 0 Å². The molecule has 1 aliphatic heterocycles. The molecule has 1 aromatic heterocycles. The van der Waals surface area contributed by atoms with Gasteiger partial charge in [-0.3, -0.25) is 0 Å². The van der Waals surface area contributed by atoms with Crippen LogP contribution in [0, 0.1) is 11.8 Å². The molecular formula is C15H27N3. The summed E-state index contributed by atoms with van der Waals surface area (Å²) in [5.74, 6) is 2.75. The molecule has 2 rings (SSSR count). The molecule has 0 saturated heterocycles. The highest BCUT2D eigenvalue weighted by molar-refractivity contribution is 5.20. The number of nitrogens with zero attached hydrogens (tertiary/aromatic N) is 2. The van der Waals surface area contributed by atoms with Gasteiger partial charge < -0.3 is 9.88 Å². The quantitative estimate of drug-likeness (QED) is 0.869. The Morgan fingerprint density at radius 1 is 1.22 bits per heavy atom. The lowest BCUT2D eigenvalue weighted by Gasteiger charge is -2.17. The van der Waals surface area contributed by atoms with Gasteiger partial charge in [0.25, 0.3) is 0 Å². The largest absolute Gasteiger partial charge is 0.332 e. The van der Waals surface area contributed by atoms with Crippen molar-refractivity contribution in [2.45, 2.75) is 60.0 Å². The molecule has 0 bridgehead atoms. The summed E-state index contributed by atoms with van der Waals surface area (Å²) in [6.07, 6.45) is 3.49. The molecule has 0 fully saturated rings. The van der Waals surface area contributed by atoms with Crippen molar-refractivity contribution < 1.29 is 0 Å². The predicted octanol–water partition coefficient (Wildman–Crippen LogP) is 2.77. The molecule has 1 aromatic rings. The van der Waals surface area contributed by atoms with E-state index in [1.165, 1.54) is 23.6 Å². The van der Waals surface area contributed by atoms with Crippen molar-refractivity contribution in [1.82, 2.24) is 14.9 Å². The summed E-state index contributed by atoms with van der Waals surface area (Å²) in [6, 6.07) is 0. The predicted molar refractivity (Wildman–Crippen MR) is 75.6 cm³/mol. The number of nitrogens with one attached hydrogen (secondary N) is 1. The number of fused-ring (bicyclic) bond motifs is 1. The molecule has 1 N–H and O–H groups in total. The van der Waals surface area contributed by atoms with E-state index in [0.717, 1.165) is 38.4 Å². The number of imidazole rings is 1. The maximum Gasteiger partial charge on any atom is 0.109 e. The van der Waals surface area contributed by atoms with Crippen molar-refractivity contribution >= 4 is 0 Å². The third-order valence-electron chi connectivity index (χ3n) is 3.59. The second kappa shape index (κ2) is 5.87. The van der Waals surface area contributed by atoms with Gasteiger partial charge in [0.2, 0.25) is 0 Å². The number of hydrogen-bond acceptors (Lipinski definition) is 2. The van der Waals surface area contributed by atoms with Crippen LogP contribution in [0.15, 0.2) is 0 Å². The van der Waals surface area contributed by atoms with Crippen LogP contribution in [-0.4, -0.2) is 16.1 Å². The molecule has 1 aliphatic rings. The highest BCUT2D eigenvalue weighted by Crippen LogP contribution is 2.20. The summed E-state index contributed by atoms with van der Waals surface area (Å²) in [5.41, 5.74) is 2.78. The van der Waals surface area contributed by atoms with Gasteiger partial charge in [0, 0.05) is 38.2 Å². The smallest absolute Gasteiger partial charge is 0.109 e. The Balaban J connectivity index is 2.23. The summed E-state index contributed by atoms with van der Waals surface area (Å²) in [6.45, 7) is 12.3. The minimum Gasteiger partial charge on any atom is -0.332 e. The van der Waals surface area contributed by atoms with E-state index in [4.69, 9.17) is 4.98 Å². The first-order valence-electron chi connectivity index (χ1n) is 7.35. The van der Waals surface area contributed by atoms with Gasteiger partial charge in [0.1, 0.15) is 5.82 Å². The third-order valence-corrected chi connectivity index (χ3v) is 3.59. The summed E-state index contributed by atoms with van der Waals surface area (Å²) in [4.78, 5) is 4.87. The molecule has 0 amide bonds. The molecule has 0 aliphatic carbocycles. The van der Waals surface area contributed by atoms with Crippen LogP contribution in [0.5, 0.6) is 0 Å². The summed E-state index contributed by atoms with van der Waals surface area (Å²) in [5, 5.41) is 3.42. The van der Waals surface area contributed by atoms with Crippen LogP contribution >= 0.6 is 0 Å². The zero-order valence-corrected chi connectivity index (χ0v) is 12.3. The summed E-state index contributed by atoms with van der Waals surface area (Å²) < 4.78 is 2.51. The third kappa shape index (κ3) is 3.14. The first-order valence-corrected chi connectivity index (χ1v) is 7.35. The molecule has 0 atom stereocenters. The number of rotatable bonds is 5. The number of aromatic nitrogens is 2. The molecule has 2 heterocycles. The van der Waals surface area contributed by atoms with Crippen LogP contribution in [0.1, 0.15) is 51.3 Å². The molecule has 0 spiro atoms. The highest BCUT2D eigenvalue weighted by Gasteiger charge is 2.19. The lowest BCUT2D eigenvalue weighted by molar-refractivity contribution is 0.478. The van der Waals surface area contributed by atoms with E-state index in [1.807, 2.05) is 0 Å². The Morgan fingerprint density at radius 3 is 2.67 bits per heavy atom. The Kier molecular flexibility index (Phi) is 4.44. The Morgan fingerprint density at radius 2 is 2.00 bits per heavy atom. The monoisotopic (exact) mass is 249 g/mol. The first kappa shape index (κ1) is 13.6. The fraction of sp³-hybridized carbons (Fsp3) is 0.800. The van der Waals surface area contributed by atoms with Crippen LogP contribution in [-0.2, 0) is 25.9 Å². The topological polar surface area (TPSA) is 29.9 Å². The molecule has 0 aromatic carbocycles. The molecule has 102 valence electrons. The van der Waals surface area contributed by atoms with E-state index in [2.05, 4.69) is 37.6 Å². The SMILES string of the molecule is CC(C)CCn1c(CC(C)C)nc2c1CCNC2. The fourth-order valence-electron chi connectivity index (χ4n) is 2.60. The number of hydrogen-bond donors (Lipinski definition) is 1. The maximum absolute atomic E-state index is 4.87. The molecule has 18 heavy (non-hydrogen) atoms. The molecule has 0 radical (unpaired) electrons. The Bertz CT molecular complexity index is 391. The second-order valence-corrected chi connectivity index (χ2v) is 6.28. The van der Waals surface area contributed by atoms with E-state index in [-0.39, 0.29) is 0 Å². The molecule has 3 heteroatoms. The van der Waals surface area contributed by atoms with E-state index in [1.54, 1.807) is 0 Å². The van der Waals surface area contributed by atoms with Crippen molar-refractivity contribution in [2.75, 3.05) is 6.54 Å². The van der Waals surface area contributed by atoms with Crippen LogP contribution in [0.4, 0.5) is 0 Å². The molecule has 0 unspecified atom stereocenters. The van der Waals surface area contributed by atoms with Gasteiger partial charge in [-0.05, 0) is 18.3 Å². The van der Waals surface area contributed by atoms with E-state index in [0.29, 0.717) is 5.92 Å². The minimum absolute atomic E-state index is 0.680. The van der Waals surface area contributed by atoms with Gasteiger partial charge in [-0.15, -0.1) is 0 Å². The van der Waals surface area contributed by atoms with E-state index in [9.17, 15) is 0 Å². The van der Waals surface area contributed by atoms with Crippen LogP contribution in [0.3, 0.4) is 0 Å². The molecule has 0 saturated carbocycles. The fourth-order valence-corrected chi connectivity index (χ4v) is 2.60. The van der Waals surface area contributed by atoms with E-state index < -0.39 is 0 Å². The van der Waals surface area contributed by atoms with Crippen LogP contribution in [0.25, 0.3) is 0 Å². The molecular weight excluding hydrogens is 222 g/mol. The zero-order valence-electron chi connectivity index (χ0n) is 12.3. The lowest BCUT2D eigenvalue weighted by Crippen LogP contribution is -2.25. The highest BCUT2D eigenvalue weighted by atomic mass is 15.1. The van der Waals surface area contributed by atoms with Crippen LogP contribution in [0.2, 0.25) is 0 Å². The molecule has 3 nitrogen and oxygen atoms in total. The summed E-state index contributed by atoms with van der Waals surface area (Å²) >= 11 is 0. The zero-order chi connectivity index (χ0) is 13.1. The minimum atomic E-state index is 0.680. The van der Waals surface area contributed by atoms with Gasteiger partial charge in [-0.1, -0.05) is 27.7 Å². The van der Waals surface area contributed by atoms with Crippen molar-refractivity contribution in [3.63, 3.8) is 0 Å². The van der Waals surface area contributed by atoms with Gasteiger partial charge in [-0.25, -0.2) is 4.98 Å². The second-order valence-electron chi connectivity index (χ2n) is 6.28. The average molecular weight is 249 g/mol. The van der Waals surface area contributed by atoms with Crippen LogP contribution < -0.4 is 5.32 Å². The maximum atomic E-state index is 4.87. The first-order chi connectivity index (χ1) is 8.58. The van der Waals surface area contributed by atoms with E-state index >= 15 is 0 Å². The van der Waals surface area contributed by atoms with Gasteiger partial charge in [0.05, 0.1) is 5.69 Å². The van der Waals surface area contributed by atoms with Crippen molar-refractivity contribution in [1.29, 1.82) is 0 Å². The van der Waals surface area contributed by atoms with Gasteiger partial charge in [-0.2, -0.15) is 0 Å². The Labute approximate surface area is 111 Å². The average Bonchev–Trinajstić information content (AvgIpc) is 2.62. The summed E-state index contributed by atoms with van der Waals surface area (Å²) in [7, 11) is 0. The normalized spacial score (nSPS) is 15.4. The van der Waals surface area contributed by atoms with Crippen molar-refractivity contribution in [2.24, 2.45) is 11.8 Å². The van der Waals surface area contributed by atoms with Crippen molar-refractivity contribution in [3.05, 3.63) is 17.2 Å². The lowest BCUT2D eigenvalue weighted by atomic mass is 10.1. The standard InChI is InChI=1S/C15H27N3/c1-11(2)6-8-18-14-5-7-16-10-13(14)17-15(18)9-12(3)4/h11-12,16H,5-10H2,1-4H3. The van der Waals surface area contributed by atoms with Crippen molar-refractivity contribution in [3.8, 4) is 0 Å².